The Morgan fingerprint density at radius 3 is 2.89 bits per heavy atom. The van der Waals surface area contributed by atoms with Crippen molar-refractivity contribution in [2.75, 3.05) is 25.0 Å². The summed E-state index contributed by atoms with van der Waals surface area (Å²) in [5.41, 5.74) is 2.29. The van der Waals surface area contributed by atoms with Crippen LogP contribution in [-0.2, 0) is 0 Å². The first-order valence-corrected chi connectivity index (χ1v) is 9.47. The van der Waals surface area contributed by atoms with E-state index < -0.39 is 0 Å². The number of anilines is 1. The number of fused-ring (bicyclic) bond motifs is 1. The van der Waals surface area contributed by atoms with Crippen LogP contribution >= 0.6 is 0 Å². The molecule has 1 saturated heterocycles. The average Bonchev–Trinajstić information content (AvgIpc) is 3.21. The highest BCUT2D eigenvalue weighted by Gasteiger charge is 2.23. The molecule has 3 aromatic rings. The van der Waals surface area contributed by atoms with Gasteiger partial charge in [-0.3, -0.25) is 9.89 Å². The van der Waals surface area contributed by atoms with Crippen molar-refractivity contribution in [1.82, 2.24) is 15.5 Å². The van der Waals surface area contributed by atoms with Crippen molar-refractivity contribution >= 4 is 22.4 Å². The van der Waals surface area contributed by atoms with E-state index in [0.717, 1.165) is 53.7 Å². The Labute approximate surface area is 158 Å². The van der Waals surface area contributed by atoms with Crippen molar-refractivity contribution in [3.8, 4) is 5.75 Å². The minimum absolute atomic E-state index is 0.164. The Kier molecular flexibility index (Phi) is 5.07. The van der Waals surface area contributed by atoms with Crippen LogP contribution in [0.15, 0.2) is 42.6 Å². The number of hydrogen-bond donors (Lipinski definition) is 3. The molecule has 1 unspecified atom stereocenters. The molecule has 1 aromatic heterocycles. The Hall–Kier alpha value is -2.86. The zero-order valence-corrected chi connectivity index (χ0v) is 15.4. The van der Waals surface area contributed by atoms with Gasteiger partial charge in [-0.05, 0) is 38.4 Å². The second-order valence-corrected chi connectivity index (χ2v) is 6.79. The molecule has 0 spiro atoms. The summed E-state index contributed by atoms with van der Waals surface area (Å²) in [5.74, 6) is 0.972. The predicted octanol–water partition coefficient (Wildman–Crippen LogP) is 3.68. The minimum atomic E-state index is -0.164. The number of nitrogens with one attached hydrogen (secondary N) is 3. The molecule has 140 valence electrons. The lowest BCUT2D eigenvalue weighted by atomic mass is 9.92. The van der Waals surface area contributed by atoms with E-state index in [1.165, 1.54) is 0 Å². The van der Waals surface area contributed by atoms with Crippen LogP contribution in [0.25, 0.3) is 10.8 Å². The molecule has 27 heavy (non-hydrogen) atoms. The van der Waals surface area contributed by atoms with Gasteiger partial charge < -0.3 is 15.4 Å². The summed E-state index contributed by atoms with van der Waals surface area (Å²) in [4.78, 5) is 13.0. The minimum Gasteiger partial charge on any atom is -0.493 e. The van der Waals surface area contributed by atoms with E-state index >= 15 is 0 Å². The van der Waals surface area contributed by atoms with Crippen LogP contribution in [0.2, 0.25) is 0 Å². The number of benzene rings is 2. The highest BCUT2D eigenvalue weighted by Crippen LogP contribution is 2.32. The fourth-order valence-corrected chi connectivity index (χ4v) is 3.75. The normalized spacial score (nSPS) is 17.0. The number of carbonyl (C=O) groups is 1. The van der Waals surface area contributed by atoms with Crippen molar-refractivity contribution in [2.24, 2.45) is 0 Å². The lowest BCUT2D eigenvalue weighted by Gasteiger charge is -2.22. The van der Waals surface area contributed by atoms with Gasteiger partial charge >= 0.3 is 0 Å². The zero-order chi connectivity index (χ0) is 18.6. The van der Waals surface area contributed by atoms with Crippen LogP contribution in [-0.4, -0.2) is 35.8 Å². The Morgan fingerprint density at radius 1 is 1.26 bits per heavy atom. The van der Waals surface area contributed by atoms with Crippen LogP contribution in [0.5, 0.6) is 5.75 Å². The molecule has 0 aliphatic carbocycles. The summed E-state index contributed by atoms with van der Waals surface area (Å²) >= 11 is 0. The van der Waals surface area contributed by atoms with E-state index in [-0.39, 0.29) is 5.91 Å². The lowest BCUT2D eigenvalue weighted by molar-refractivity contribution is 0.102. The lowest BCUT2D eigenvalue weighted by Crippen LogP contribution is -2.29. The van der Waals surface area contributed by atoms with Gasteiger partial charge in [-0.25, -0.2) is 0 Å². The van der Waals surface area contributed by atoms with Crippen LogP contribution in [0.1, 0.15) is 41.7 Å². The van der Waals surface area contributed by atoms with Crippen molar-refractivity contribution in [3.05, 3.63) is 53.9 Å². The van der Waals surface area contributed by atoms with Crippen molar-refractivity contribution in [3.63, 3.8) is 0 Å². The second-order valence-electron chi connectivity index (χ2n) is 6.79. The van der Waals surface area contributed by atoms with Gasteiger partial charge in [0.05, 0.1) is 12.8 Å². The third-order valence-corrected chi connectivity index (χ3v) is 5.06. The van der Waals surface area contributed by atoms with E-state index in [2.05, 4.69) is 20.8 Å². The number of carbonyl (C=O) groups excluding carboxylic acids is 1. The Morgan fingerprint density at radius 2 is 2.11 bits per heavy atom. The summed E-state index contributed by atoms with van der Waals surface area (Å²) in [7, 11) is 0. The molecular formula is C21H24N4O2. The maximum atomic E-state index is 13.0. The molecule has 1 atom stereocenters. The van der Waals surface area contributed by atoms with Crippen LogP contribution < -0.4 is 15.4 Å². The largest absolute Gasteiger partial charge is 0.493 e. The zero-order valence-electron chi connectivity index (χ0n) is 15.4. The van der Waals surface area contributed by atoms with Gasteiger partial charge in [-0.2, -0.15) is 5.10 Å². The first-order chi connectivity index (χ1) is 13.3. The molecule has 1 amide bonds. The molecule has 0 bridgehead atoms. The van der Waals surface area contributed by atoms with Gasteiger partial charge in [0.25, 0.3) is 5.91 Å². The molecule has 2 heterocycles. The highest BCUT2D eigenvalue weighted by atomic mass is 16.5. The molecule has 4 rings (SSSR count). The number of aromatic nitrogens is 2. The Balaban J connectivity index is 1.63. The predicted molar refractivity (Wildman–Crippen MR) is 107 cm³/mol. The maximum absolute atomic E-state index is 13.0. The highest BCUT2D eigenvalue weighted by molar-refractivity contribution is 6.09. The fourth-order valence-electron chi connectivity index (χ4n) is 3.75. The molecule has 6 nitrogen and oxygen atoms in total. The van der Waals surface area contributed by atoms with Crippen molar-refractivity contribution in [2.45, 2.75) is 25.7 Å². The van der Waals surface area contributed by atoms with Gasteiger partial charge in [0.2, 0.25) is 0 Å². The smallest absolute Gasteiger partial charge is 0.273 e. The molecule has 1 aliphatic rings. The number of H-pyrrole nitrogens is 1. The number of hydrogen-bond acceptors (Lipinski definition) is 4. The molecule has 0 saturated carbocycles. The number of piperidine rings is 1. The topological polar surface area (TPSA) is 79.0 Å². The van der Waals surface area contributed by atoms with Gasteiger partial charge in [0, 0.05) is 34.5 Å². The van der Waals surface area contributed by atoms with Crippen LogP contribution in [0.4, 0.5) is 5.69 Å². The van der Waals surface area contributed by atoms with E-state index in [1.807, 2.05) is 43.3 Å². The summed E-state index contributed by atoms with van der Waals surface area (Å²) in [6, 6.07) is 11.7. The van der Waals surface area contributed by atoms with Gasteiger partial charge in [0.1, 0.15) is 11.4 Å². The van der Waals surface area contributed by atoms with Crippen LogP contribution in [0.3, 0.4) is 0 Å². The van der Waals surface area contributed by atoms with Crippen molar-refractivity contribution < 1.29 is 9.53 Å². The second kappa shape index (κ2) is 7.80. The quantitative estimate of drug-likeness (QED) is 0.645. The summed E-state index contributed by atoms with van der Waals surface area (Å²) in [5, 5.41) is 15.4. The molecule has 6 heteroatoms. The van der Waals surface area contributed by atoms with Crippen LogP contribution in [0, 0.1) is 0 Å². The molecule has 2 aromatic carbocycles. The maximum Gasteiger partial charge on any atom is 0.273 e. The standard InChI is InChI=1S/C21H24N4O2/c1-2-27-19-10-9-18(15-7-3-4-8-16(15)19)24-21(26)20-17(13-23-25-20)14-6-5-11-22-12-14/h3-4,7-10,13-14,22H,2,5-6,11-12H2,1H3,(H,23,25)(H,24,26). The monoisotopic (exact) mass is 364 g/mol. The fraction of sp³-hybridized carbons (Fsp3) is 0.333. The van der Waals surface area contributed by atoms with Gasteiger partial charge in [0.15, 0.2) is 0 Å². The molecular weight excluding hydrogens is 340 g/mol. The van der Waals surface area contributed by atoms with Gasteiger partial charge in [-0.15, -0.1) is 0 Å². The average molecular weight is 364 g/mol. The molecule has 1 fully saturated rings. The third kappa shape index (κ3) is 3.53. The number of aromatic amines is 1. The molecule has 0 radical (unpaired) electrons. The summed E-state index contributed by atoms with van der Waals surface area (Å²) in [6.07, 6.45) is 3.96. The summed E-state index contributed by atoms with van der Waals surface area (Å²) < 4.78 is 5.71. The van der Waals surface area contributed by atoms with Crippen molar-refractivity contribution in [1.29, 1.82) is 0 Å². The van der Waals surface area contributed by atoms with E-state index in [0.29, 0.717) is 18.2 Å². The summed E-state index contributed by atoms with van der Waals surface area (Å²) in [6.45, 7) is 4.48. The third-order valence-electron chi connectivity index (χ3n) is 5.06. The SMILES string of the molecule is CCOc1ccc(NC(=O)c2[nH]ncc2C2CCCNC2)c2ccccc12. The number of rotatable bonds is 5. The number of amides is 1. The molecule has 3 N–H and O–H groups in total. The Bertz CT molecular complexity index is 944. The molecule has 1 aliphatic heterocycles. The van der Waals surface area contributed by atoms with E-state index in [4.69, 9.17) is 4.74 Å². The first-order valence-electron chi connectivity index (χ1n) is 9.47. The van der Waals surface area contributed by atoms with E-state index in [1.54, 1.807) is 6.20 Å². The van der Waals surface area contributed by atoms with Gasteiger partial charge in [-0.1, -0.05) is 24.3 Å². The number of ether oxygens (including phenoxy) is 1. The van der Waals surface area contributed by atoms with E-state index in [9.17, 15) is 4.79 Å². The number of nitrogens with zero attached hydrogens (tertiary/aromatic N) is 1. The first kappa shape index (κ1) is 17.5.